The molecule has 1 aliphatic carbocycles. The van der Waals surface area contributed by atoms with Crippen LogP contribution in [0.4, 0.5) is 0 Å². The Morgan fingerprint density at radius 3 is 2.65 bits per heavy atom. The molecule has 2 heterocycles. The van der Waals surface area contributed by atoms with Gasteiger partial charge in [-0.05, 0) is 50.8 Å². The lowest BCUT2D eigenvalue weighted by Gasteiger charge is -2.36. The molecule has 2 nitrogen and oxygen atoms in total. The largest absolute Gasteiger partial charge is 0.313 e. The average Bonchev–Trinajstić information content (AvgIpc) is 3.01. The number of aromatic nitrogens is 1. The van der Waals surface area contributed by atoms with Crippen LogP contribution in [0.5, 0.6) is 0 Å². The highest BCUT2D eigenvalue weighted by Crippen LogP contribution is 2.45. The summed E-state index contributed by atoms with van der Waals surface area (Å²) in [5, 5.41) is 3.72. The molecule has 2 heteroatoms. The maximum atomic E-state index is 4.51. The molecule has 1 unspecified atom stereocenters. The smallest absolute Gasteiger partial charge is 0.0372 e. The summed E-state index contributed by atoms with van der Waals surface area (Å²) in [4.78, 5) is 4.51. The van der Waals surface area contributed by atoms with Crippen LogP contribution in [-0.2, 0) is 5.41 Å². The maximum absolute atomic E-state index is 4.51. The lowest BCUT2D eigenvalue weighted by atomic mass is 9.72. The van der Waals surface area contributed by atoms with E-state index in [9.17, 15) is 0 Å². The van der Waals surface area contributed by atoms with Gasteiger partial charge in [0.25, 0.3) is 0 Å². The number of hydrogen-bond donors (Lipinski definition) is 1. The number of aryl methyl sites for hydroxylation is 1. The van der Waals surface area contributed by atoms with Gasteiger partial charge in [0.15, 0.2) is 0 Å². The normalized spacial score (nSPS) is 27.5. The third kappa shape index (κ3) is 1.89. The van der Waals surface area contributed by atoms with E-state index in [0.717, 1.165) is 5.69 Å². The van der Waals surface area contributed by atoms with Crippen LogP contribution in [-0.4, -0.2) is 17.6 Å². The lowest BCUT2D eigenvalue weighted by Crippen LogP contribution is -2.43. The summed E-state index contributed by atoms with van der Waals surface area (Å²) >= 11 is 0. The summed E-state index contributed by atoms with van der Waals surface area (Å²) < 4.78 is 0. The highest BCUT2D eigenvalue weighted by Gasteiger charge is 2.43. The zero-order valence-electron chi connectivity index (χ0n) is 10.7. The Bertz CT molecular complexity index is 370. The van der Waals surface area contributed by atoms with Crippen molar-refractivity contribution >= 4 is 0 Å². The molecule has 1 N–H and O–H groups in total. The fraction of sp³-hybridized carbons (Fsp3) is 0.667. The number of nitrogens with one attached hydrogen (secondary N) is 1. The first-order chi connectivity index (χ1) is 8.31. The van der Waals surface area contributed by atoms with Crippen molar-refractivity contribution in [2.45, 2.75) is 56.9 Å². The van der Waals surface area contributed by atoms with Crippen molar-refractivity contribution in [1.29, 1.82) is 0 Å². The van der Waals surface area contributed by atoms with Crippen molar-refractivity contribution in [3.63, 3.8) is 0 Å². The number of nitrogens with zero attached hydrogens (tertiary/aromatic N) is 1. The molecule has 17 heavy (non-hydrogen) atoms. The average molecular weight is 230 g/mol. The molecule has 0 amide bonds. The van der Waals surface area contributed by atoms with E-state index in [0.29, 0.717) is 11.5 Å². The number of hydrogen-bond acceptors (Lipinski definition) is 2. The van der Waals surface area contributed by atoms with Gasteiger partial charge in [0.1, 0.15) is 0 Å². The van der Waals surface area contributed by atoms with Crippen molar-refractivity contribution < 1.29 is 0 Å². The van der Waals surface area contributed by atoms with E-state index in [1.165, 1.54) is 50.6 Å². The molecule has 1 saturated heterocycles. The van der Waals surface area contributed by atoms with Crippen molar-refractivity contribution in [2.24, 2.45) is 0 Å². The van der Waals surface area contributed by atoms with Gasteiger partial charge in [-0.25, -0.2) is 0 Å². The second-order valence-electron chi connectivity index (χ2n) is 5.70. The third-order valence-corrected chi connectivity index (χ3v) is 4.71. The van der Waals surface area contributed by atoms with Crippen molar-refractivity contribution in [3.8, 4) is 0 Å². The van der Waals surface area contributed by atoms with Crippen LogP contribution in [0.1, 0.15) is 49.8 Å². The van der Waals surface area contributed by atoms with E-state index in [1.54, 1.807) is 0 Å². The van der Waals surface area contributed by atoms with Gasteiger partial charge in [-0.15, -0.1) is 0 Å². The molecule has 1 atom stereocenters. The summed E-state index contributed by atoms with van der Waals surface area (Å²) in [6, 6.07) is 5.17. The molecule has 0 bridgehead atoms. The van der Waals surface area contributed by atoms with E-state index >= 15 is 0 Å². The first-order valence-electron chi connectivity index (χ1n) is 6.98. The molecule has 3 rings (SSSR count). The second kappa shape index (κ2) is 4.41. The Morgan fingerprint density at radius 2 is 2.06 bits per heavy atom. The minimum absolute atomic E-state index is 0.386. The SMILES string of the molecule is Cc1ccc(C2(C3CCCN3)CCCC2)cn1. The van der Waals surface area contributed by atoms with E-state index in [1.807, 2.05) is 0 Å². The molecule has 1 aromatic rings. The van der Waals surface area contributed by atoms with E-state index in [4.69, 9.17) is 0 Å². The van der Waals surface area contributed by atoms with Gasteiger partial charge in [-0.3, -0.25) is 4.98 Å². The zero-order chi connectivity index (χ0) is 11.7. The van der Waals surface area contributed by atoms with Crippen molar-refractivity contribution in [1.82, 2.24) is 10.3 Å². The van der Waals surface area contributed by atoms with Gasteiger partial charge in [-0.2, -0.15) is 0 Å². The Balaban J connectivity index is 1.95. The molecule has 92 valence electrons. The summed E-state index contributed by atoms with van der Waals surface area (Å²) in [7, 11) is 0. The fourth-order valence-corrected chi connectivity index (χ4v) is 3.76. The Labute approximate surface area is 104 Å². The minimum Gasteiger partial charge on any atom is -0.313 e. The van der Waals surface area contributed by atoms with Gasteiger partial charge in [0, 0.05) is 23.3 Å². The highest BCUT2D eigenvalue weighted by molar-refractivity contribution is 5.28. The summed E-state index contributed by atoms with van der Waals surface area (Å²) in [6.45, 7) is 3.27. The van der Waals surface area contributed by atoms with Gasteiger partial charge < -0.3 is 5.32 Å². The Hall–Kier alpha value is -0.890. The minimum atomic E-state index is 0.386. The second-order valence-corrected chi connectivity index (χ2v) is 5.70. The predicted molar refractivity (Wildman–Crippen MR) is 70.1 cm³/mol. The van der Waals surface area contributed by atoms with Crippen LogP contribution in [0, 0.1) is 6.92 Å². The Morgan fingerprint density at radius 1 is 1.24 bits per heavy atom. The van der Waals surface area contributed by atoms with Crippen LogP contribution in [0.2, 0.25) is 0 Å². The van der Waals surface area contributed by atoms with Crippen LogP contribution in [0.15, 0.2) is 18.3 Å². The van der Waals surface area contributed by atoms with Crippen molar-refractivity contribution in [2.75, 3.05) is 6.54 Å². The molecule has 0 aromatic carbocycles. The first-order valence-corrected chi connectivity index (χ1v) is 6.98. The third-order valence-electron chi connectivity index (χ3n) is 4.71. The van der Waals surface area contributed by atoms with Crippen molar-refractivity contribution in [3.05, 3.63) is 29.6 Å². The van der Waals surface area contributed by atoms with E-state index in [-0.39, 0.29) is 0 Å². The summed E-state index contributed by atoms with van der Waals surface area (Å²) in [5.74, 6) is 0. The summed E-state index contributed by atoms with van der Waals surface area (Å²) in [5.41, 5.74) is 2.98. The molecular formula is C15H22N2. The number of pyridine rings is 1. The predicted octanol–water partition coefficient (Wildman–Crippen LogP) is 2.95. The standard InChI is InChI=1S/C15H22N2/c1-12-6-7-13(11-17-12)15(8-2-3-9-15)14-5-4-10-16-14/h6-7,11,14,16H,2-5,8-10H2,1H3. The topological polar surface area (TPSA) is 24.9 Å². The van der Waals surface area contributed by atoms with E-state index < -0.39 is 0 Å². The maximum Gasteiger partial charge on any atom is 0.0372 e. The van der Waals surface area contributed by atoms with Gasteiger partial charge in [-0.1, -0.05) is 18.9 Å². The monoisotopic (exact) mass is 230 g/mol. The molecule has 0 radical (unpaired) electrons. The molecular weight excluding hydrogens is 208 g/mol. The molecule has 2 fully saturated rings. The molecule has 1 aromatic heterocycles. The Kier molecular flexibility index (Phi) is 2.91. The molecule has 1 aliphatic heterocycles. The van der Waals surface area contributed by atoms with Gasteiger partial charge >= 0.3 is 0 Å². The quantitative estimate of drug-likeness (QED) is 0.845. The highest BCUT2D eigenvalue weighted by atomic mass is 15.0. The lowest BCUT2D eigenvalue weighted by molar-refractivity contribution is 0.323. The van der Waals surface area contributed by atoms with Gasteiger partial charge in [0.05, 0.1) is 0 Å². The number of rotatable bonds is 2. The van der Waals surface area contributed by atoms with Crippen LogP contribution >= 0.6 is 0 Å². The molecule has 0 spiro atoms. The fourth-order valence-electron chi connectivity index (χ4n) is 3.76. The van der Waals surface area contributed by atoms with E-state index in [2.05, 4.69) is 35.6 Å². The first kappa shape index (κ1) is 11.2. The van der Waals surface area contributed by atoms with Crippen LogP contribution < -0.4 is 5.32 Å². The zero-order valence-corrected chi connectivity index (χ0v) is 10.7. The molecule has 2 aliphatic rings. The van der Waals surface area contributed by atoms with Crippen LogP contribution in [0.25, 0.3) is 0 Å². The molecule has 1 saturated carbocycles. The van der Waals surface area contributed by atoms with Gasteiger partial charge in [0.2, 0.25) is 0 Å². The summed E-state index contributed by atoms with van der Waals surface area (Å²) in [6.07, 6.45) is 10.3. The van der Waals surface area contributed by atoms with Crippen LogP contribution in [0.3, 0.4) is 0 Å².